The molecule has 0 saturated carbocycles. The van der Waals surface area contributed by atoms with E-state index in [-0.39, 0.29) is 5.78 Å². The molecule has 1 aromatic heterocycles. The lowest BCUT2D eigenvalue weighted by molar-refractivity contribution is -0.903. The number of carbonyl (C=O) groups is 1. The maximum atomic E-state index is 12.9. The molecule has 1 saturated heterocycles. The first-order valence-electron chi connectivity index (χ1n) is 8.39. The second-order valence-corrected chi connectivity index (χ2v) is 7.38. The maximum absolute atomic E-state index is 12.9. The number of aryl methyl sites for hydroxylation is 2. The molecular formula is C19H27N2O+. The Morgan fingerprint density at radius 2 is 1.91 bits per heavy atom. The smallest absolute Gasteiger partial charge is 0.219 e. The van der Waals surface area contributed by atoms with E-state index in [0.717, 1.165) is 47.1 Å². The van der Waals surface area contributed by atoms with Gasteiger partial charge in [0.15, 0.2) is 0 Å². The van der Waals surface area contributed by atoms with Crippen LogP contribution in [0.15, 0.2) is 18.2 Å². The third kappa shape index (κ3) is 2.95. The highest BCUT2D eigenvalue weighted by Gasteiger charge is 2.28. The molecule has 3 rings (SSSR count). The summed E-state index contributed by atoms with van der Waals surface area (Å²) in [6.07, 6.45) is 1.29. The number of quaternary nitrogens is 1. The Hall–Kier alpha value is -1.61. The van der Waals surface area contributed by atoms with Gasteiger partial charge in [-0.25, -0.2) is 0 Å². The fraction of sp³-hybridized carbons (Fsp3) is 0.526. The molecule has 1 aliphatic heterocycles. The summed E-state index contributed by atoms with van der Waals surface area (Å²) in [5.74, 6) is 1.72. The van der Waals surface area contributed by atoms with Gasteiger partial charge in [-0.3, -0.25) is 4.79 Å². The number of piperidine rings is 1. The summed E-state index contributed by atoms with van der Waals surface area (Å²) in [5.41, 5.74) is 4.20. The molecule has 0 unspecified atom stereocenters. The zero-order valence-corrected chi connectivity index (χ0v) is 14.1. The standard InChI is InChI=1S/C19H26N2O/c1-12-5-6-16-17(8-12)20-15(4)19(16)18(22)11-21-9-13(2)7-14(3)10-21/h5-6,8,13-14,20H,7,9-11H2,1-4H3/p+1/t13-,14-/m1/s1. The molecule has 3 heteroatoms. The van der Waals surface area contributed by atoms with E-state index in [0.29, 0.717) is 6.54 Å². The fourth-order valence-electron chi connectivity index (χ4n) is 4.19. The van der Waals surface area contributed by atoms with E-state index in [1.165, 1.54) is 16.9 Å². The van der Waals surface area contributed by atoms with Crippen LogP contribution >= 0.6 is 0 Å². The molecule has 2 aromatic rings. The Balaban J connectivity index is 1.84. The van der Waals surface area contributed by atoms with Gasteiger partial charge in [-0.2, -0.15) is 0 Å². The Morgan fingerprint density at radius 1 is 1.23 bits per heavy atom. The molecule has 2 heterocycles. The number of nitrogens with one attached hydrogen (secondary N) is 2. The van der Waals surface area contributed by atoms with Crippen LogP contribution in [0.25, 0.3) is 10.9 Å². The first-order valence-corrected chi connectivity index (χ1v) is 8.39. The molecule has 0 spiro atoms. The van der Waals surface area contributed by atoms with Crippen LogP contribution in [0.1, 0.15) is 41.9 Å². The second kappa shape index (κ2) is 5.88. The van der Waals surface area contributed by atoms with Crippen molar-refractivity contribution < 1.29 is 9.69 Å². The molecule has 118 valence electrons. The van der Waals surface area contributed by atoms with Crippen LogP contribution in [-0.4, -0.2) is 30.4 Å². The van der Waals surface area contributed by atoms with Crippen molar-refractivity contribution in [3.05, 3.63) is 35.0 Å². The van der Waals surface area contributed by atoms with Crippen LogP contribution in [0.5, 0.6) is 0 Å². The molecule has 2 atom stereocenters. The first kappa shape index (κ1) is 15.3. The van der Waals surface area contributed by atoms with E-state index in [4.69, 9.17) is 0 Å². The zero-order valence-electron chi connectivity index (χ0n) is 14.1. The lowest BCUT2D eigenvalue weighted by Gasteiger charge is -2.31. The van der Waals surface area contributed by atoms with Crippen molar-refractivity contribution >= 4 is 16.7 Å². The second-order valence-electron chi connectivity index (χ2n) is 7.38. The number of benzene rings is 1. The van der Waals surface area contributed by atoms with Crippen LogP contribution in [0, 0.1) is 25.7 Å². The molecule has 1 fully saturated rings. The molecule has 3 nitrogen and oxygen atoms in total. The largest absolute Gasteiger partial charge is 0.358 e. The Bertz CT molecular complexity index is 691. The van der Waals surface area contributed by atoms with Gasteiger partial charge in [0.25, 0.3) is 0 Å². The molecule has 0 bridgehead atoms. The van der Waals surface area contributed by atoms with E-state index >= 15 is 0 Å². The number of fused-ring (bicyclic) bond motifs is 1. The third-order valence-electron chi connectivity index (χ3n) is 4.91. The molecule has 2 N–H and O–H groups in total. The zero-order chi connectivity index (χ0) is 15.9. The van der Waals surface area contributed by atoms with Crippen molar-refractivity contribution in [3.8, 4) is 0 Å². The lowest BCUT2D eigenvalue weighted by atomic mass is 9.91. The van der Waals surface area contributed by atoms with Gasteiger partial charge in [0, 0.05) is 28.4 Å². The highest BCUT2D eigenvalue weighted by atomic mass is 16.1. The number of Topliss-reactive ketones (excluding diaryl/α,β-unsaturated/α-hetero) is 1. The predicted molar refractivity (Wildman–Crippen MR) is 90.6 cm³/mol. The van der Waals surface area contributed by atoms with Crippen molar-refractivity contribution in [2.24, 2.45) is 11.8 Å². The third-order valence-corrected chi connectivity index (χ3v) is 4.91. The minimum atomic E-state index is 0.281. The Labute approximate surface area is 132 Å². The molecule has 1 aromatic carbocycles. The number of aromatic nitrogens is 1. The van der Waals surface area contributed by atoms with Gasteiger partial charge in [0.1, 0.15) is 6.54 Å². The number of hydrogen-bond donors (Lipinski definition) is 2. The minimum absolute atomic E-state index is 0.281. The number of rotatable bonds is 3. The summed E-state index contributed by atoms with van der Waals surface area (Å²) in [4.78, 5) is 17.7. The average molecular weight is 299 g/mol. The number of ketones is 1. The number of carbonyl (C=O) groups excluding carboxylic acids is 1. The first-order chi connectivity index (χ1) is 10.4. The quantitative estimate of drug-likeness (QED) is 0.840. The van der Waals surface area contributed by atoms with E-state index in [2.05, 4.69) is 44.0 Å². The van der Waals surface area contributed by atoms with Gasteiger partial charge in [0.2, 0.25) is 5.78 Å². The van der Waals surface area contributed by atoms with Gasteiger partial charge < -0.3 is 9.88 Å². The van der Waals surface area contributed by atoms with E-state index in [9.17, 15) is 4.79 Å². The average Bonchev–Trinajstić information content (AvgIpc) is 2.72. The molecular weight excluding hydrogens is 272 g/mol. The number of likely N-dealkylation sites (tertiary alicyclic amines) is 1. The summed E-state index contributed by atoms with van der Waals surface area (Å²) < 4.78 is 0. The van der Waals surface area contributed by atoms with Crippen molar-refractivity contribution in [1.29, 1.82) is 0 Å². The Kier molecular flexibility index (Phi) is 4.09. The highest BCUT2D eigenvalue weighted by molar-refractivity contribution is 6.09. The van der Waals surface area contributed by atoms with E-state index in [1.54, 1.807) is 0 Å². The van der Waals surface area contributed by atoms with Crippen LogP contribution < -0.4 is 4.90 Å². The fourth-order valence-corrected chi connectivity index (χ4v) is 4.19. The topological polar surface area (TPSA) is 37.3 Å². The monoisotopic (exact) mass is 299 g/mol. The number of aromatic amines is 1. The van der Waals surface area contributed by atoms with Crippen molar-refractivity contribution in [3.63, 3.8) is 0 Å². The highest BCUT2D eigenvalue weighted by Crippen LogP contribution is 2.23. The van der Waals surface area contributed by atoms with Crippen LogP contribution in [0.2, 0.25) is 0 Å². The van der Waals surface area contributed by atoms with Gasteiger partial charge in [-0.15, -0.1) is 0 Å². The normalized spacial score (nSPS) is 25.5. The van der Waals surface area contributed by atoms with E-state index in [1.807, 2.05) is 6.92 Å². The van der Waals surface area contributed by atoms with Gasteiger partial charge in [0.05, 0.1) is 18.7 Å². The van der Waals surface area contributed by atoms with E-state index < -0.39 is 0 Å². The van der Waals surface area contributed by atoms with Crippen LogP contribution in [0.3, 0.4) is 0 Å². The SMILES string of the molecule is Cc1ccc2c(C(=O)C[NH+]3C[C@H](C)C[C@@H](C)C3)c(C)[nH]c2c1. The van der Waals surface area contributed by atoms with Crippen LogP contribution in [0.4, 0.5) is 0 Å². The Morgan fingerprint density at radius 3 is 2.59 bits per heavy atom. The van der Waals surface area contributed by atoms with Crippen molar-refractivity contribution in [1.82, 2.24) is 4.98 Å². The number of hydrogen-bond acceptors (Lipinski definition) is 1. The van der Waals surface area contributed by atoms with Gasteiger partial charge in [-0.05, 0) is 31.9 Å². The molecule has 1 aliphatic rings. The molecule has 22 heavy (non-hydrogen) atoms. The predicted octanol–water partition coefficient (Wildman–Crippen LogP) is 2.53. The summed E-state index contributed by atoms with van der Waals surface area (Å²) in [6.45, 7) is 11.6. The van der Waals surface area contributed by atoms with Gasteiger partial charge >= 0.3 is 0 Å². The summed E-state index contributed by atoms with van der Waals surface area (Å²) in [7, 11) is 0. The maximum Gasteiger partial charge on any atom is 0.219 e. The lowest BCUT2D eigenvalue weighted by Crippen LogP contribution is -3.15. The minimum Gasteiger partial charge on any atom is -0.358 e. The van der Waals surface area contributed by atoms with Crippen molar-refractivity contribution in [2.45, 2.75) is 34.1 Å². The summed E-state index contributed by atoms with van der Waals surface area (Å²) in [5, 5.41) is 1.07. The number of H-pyrrole nitrogens is 1. The van der Waals surface area contributed by atoms with Crippen LogP contribution in [-0.2, 0) is 0 Å². The molecule has 0 aliphatic carbocycles. The molecule has 0 amide bonds. The molecule has 0 radical (unpaired) electrons. The van der Waals surface area contributed by atoms with Crippen molar-refractivity contribution in [2.75, 3.05) is 19.6 Å². The van der Waals surface area contributed by atoms with Gasteiger partial charge in [-0.1, -0.05) is 26.0 Å². The summed E-state index contributed by atoms with van der Waals surface area (Å²) in [6, 6.07) is 6.29. The summed E-state index contributed by atoms with van der Waals surface area (Å²) >= 11 is 0.